The van der Waals surface area contributed by atoms with Crippen molar-refractivity contribution in [2.45, 2.75) is 38.7 Å². The van der Waals surface area contributed by atoms with Gasteiger partial charge in [-0.1, -0.05) is 48.0 Å². The SMILES string of the molecule is Cc1ccc(C2=C(c3ccc(O[C@H]4CCN(C/C=C/C(=O)N(C)C)C4)cc3)c3ccc(C(=O)O)cc3CCC2)c(Cl)c1. The van der Waals surface area contributed by atoms with E-state index in [4.69, 9.17) is 16.3 Å². The van der Waals surface area contributed by atoms with E-state index in [-0.39, 0.29) is 12.0 Å². The molecule has 1 aliphatic carbocycles. The Morgan fingerprint density at radius 2 is 1.81 bits per heavy atom. The van der Waals surface area contributed by atoms with Crippen molar-refractivity contribution in [2.24, 2.45) is 0 Å². The van der Waals surface area contributed by atoms with Crippen molar-refractivity contribution in [3.63, 3.8) is 0 Å². The van der Waals surface area contributed by atoms with Gasteiger partial charge in [-0.2, -0.15) is 0 Å². The summed E-state index contributed by atoms with van der Waals surface area (Å²) < 4.78 is 6.35. The number of hydrogen-bond donors (Lipinski definition) is 1. The Kier molecular flexibility index (Phi) is 9.15. The molecule has 1 fully saturated rings. The fourth-order valence-corrected chi connectivity index (χ4v) is 6.14. The third kappa shape index (κ3) is 6.77. The second-order valence-electron chi connectivity index (χ2n) is 11.3. The first-order valence-electron chi connectivity index (χ1n) is 14.4. The maximum atomic E-state index is 11.8. The number of aromatic carboxylic acids is 1. The Labute approximate surface area is 252 Å². The van der Waals surface area contributed by atoms with Crippen LogP contribution in [-0.4, -0.2) is 66.6 Å². The molecule has 0 saturated carbocycles. The quantitative estimate of drug-likeness (QED) is 0.297. The molecule has 0 unspecified atom stereocenters. The third-order valence-corrected chi connectivity index (χ3v) is 8.30. The maximum absolute atomic E-state index is 11.8. The van der Waals surface area contributed by atoms with Crippen molar-refractivity contribution in [1.29, 1.82) is 0 Å². The monoisotopic (exact) mass is 584 g/mol. The molecule has 6 nitrogen and oxygen atoms in total. The van der Waals surface area contributed by atoms with E-state index in [0.717, 1.165) is 89.5 Å². The zero-order valence-electron chi connectivity index (χ0n) is 24.4. The molecule has 5 rings (SSSR count). The number of carbonyl (C=O) groups is 2. The number of hydrogen-bond acceptors (Lipinski definition) is 4. The zero-order valence-corrected chi connectivity index (χ0v) is 25.2. The number of likely N-dealkylation sites (N-methyl/N-ethyl adjacent to an activating group) is 1. The van der Waals surface area contributed by atoms with Crippen LogP contribution in [0.15, 0.2) is 72.8 Å². The Bertz CT molecular complexity index is 1540. The smallest absolute Gasteiger partial charge is 0.335 e. The van der Waals surface area contributed by atoms with Crippen molar-refractivity contribution in [2.75, 3.05) is 33.7 Å². The first kappa shape index (κ1) is 29.6. The summed E-state index contributed by atoms with van der Waals surface area (Å²) in [7, 11) is 3.49. The standard InChI is InChI=1S/C35H37ClN2O4/c1-23-9-15-30(32(36)20-23)31-7-4-6-25-21-26(35(40)41)12-16-29(25)34(31)24-10-13-27(14-11-24)42-28-17-19-38(22-28)18-5-8-33(39)37(2)3/h5,8-16,20-21,28H,4,6-7,17-19,22H2,1-3H3,(H,40,41)/b8-5+/t28-/m0/s1. The lowest BCUT2D eigenvalue weighted by atomic mass is 9.87. The number of fused-ring (bicyclic) bond motifs is 1. The van der Waals surface area contributed by atoms with Crippen LogP contribution < -0.4 is 4.74 Å². The lowest BCUT2D eigenvalue weighted by molar-refractivity contribution is -0.123. The van der Waals surface area contributed by atoms with Crippen molar-refractivity contribution in [1.82, 2.24) is 9.80 Å². The molecule has 42 heavy (non-hydrogen) atoms. The van der Waals surface area contributed by atoms with Gasteiger partial charge in [0.05, 0.1) is 5.56 Å². The van der Waals surface area contributed by atoms with Gasteiger partial charge >= 0.3 is 5.97 Å². The predicted molar refractivity (Wildman–Crippen MR) is 168 cm³/mol. The van der Waals surface area contributed by atoms with Crippen molar-refractivity contribution in [3.05, 3.63) is 111 Å². The van der Waals surface area contributed by atoms with Crippen LogP contribution in [0.3, 0.4) is 0 Å². The van der Waals surface area contributed by atoms with Gasteiger partial charge in [-0.25, -0.2) is 4.79 Å². The van der Waals surface area contributed by atoms with Gasteiger partial charge in [0.25, 0.3) is 0 Å². The molecular weight excluding hydrogens is 548 g/mol. The van der Waals surface area contributed by atoms with E-state index in [2.05, 4.69) is 29.2 Å². The molecule has 3 aromatic rings. The van der Waals surface area contributed by atoms with Crippen LogP contribution in [0.1, 0.15) is 57.4 Å². The topological polar surface area (TPSA) is 70.1 Å². The van der Waals surface area contributed by atoms with Crippen LogP contribution in [0, 0.1) is 6.92 Å². The Hall–Kier alpha value is -3.87. The van der Waals surface area contributed by atoms with Crippen molar-refractivity contribution < 1.29 is 19.4 Å². The molecule has 3 aromatic carbocycles. The molecule has 1 N–H and O–H groups in total. The van der Waals surface area contributed by atoms with E-state index in [9.17, 15) is 14.7 Å². The van der Waals surface area contributed by atoms with Gasteiger partial charge in [0.2, 0.25) is 5.91 Å². The number of aryl methyl sites for hydroxylation is 2. The second-order valence-corrected chi connectivity index (χ2v) is 11.7. The van der Waals surface area contributed by atoms with Crippen LogP contribution in [-0.2, 0) is 11.2 Å². The minimum Gasteiger partial charge on any atom is -0.489 e. The number of allylic oxidation sites excluding steroid dienone is 1. The van der Waals surface area contributed by atoms with E-state index < -0.39 is 5.97 Å². The van der Waals surface area contributed by atoms with E-state index in [1.807, 2.05) is 43.3 Å². The lowest BCUT2D eigenvalue weighted by Crippen LogP contribution is -2.25. The summed E-state index contributed by atoms with van der Waals surface area (Å²) in [5, 5.41) is 10.3. The van der Waals surface area contributed by atoms with Crippen LogP contribution in [0.2, 0.25) is 5.02 Å². The van der Waals surface area contributed by atoms with Gasteiger partial charge in [-0.05, 0) is 102 Å². The lowest BCUT2D eigenvalue weighted by Gasteiger charge is -2.19. The highest BCUT2D eigenvalue weighted by molar-refractivity contribution is 6.33. The third-order valence-electron chi connectivity index (χ3n) is 7.99. The average molecular weight is 585 g/mol. The highest BCUT2D eigenvalue weighted by Gasteiger charge is 2.25. The second kappa shape index (κ2) is 13.0. The maximum Gasteiger partial charge on any atom is 0.335 e. The number of likely N-dealkylation sites (tertiary alicyclic amines) is 1. The fraction of sp³-hybridized carbons (Fsp3) is 0.314. The molecule has 1 atom stereocenters. The molecule has 0 radical (unpaired) electrons. The number of nitrogens with zero attached hydrogens (tertiary/aromatic N) is 2. The summed E-state index contributed by atoms with van der Waals surface area (Å²) >= 11 is 6.80. The highest BCUT2D eigenvalue weighted by Crippen LogP contribution is 2.42. The Morgan fingerprint density at radius 1 is 1.05 bits per heavy atom. The molecule has 1 aliphatic heterocycles. The van der Waals surface area contributed by atoms with Gasteiger partial charge in [-0.3, -0.25) is 9.69 Å². The van der Waals surface area contributed by atoms with Gasteiger partial charge < -0.3 is 14.7 Å². The Morgan fingerprint density at radius 3 is 2.52 bits per heavy atom. The number of ether oxygens (including phenoxy) is 1. The molecule has 2 aliphatic rings. The average Bonchev–Trinajstić information content (AvgIpc) is 3.31. The normalized spacial score (nSPS) is 17.3. The summed E-state index contributed by atoms with van der Waals surface area (Å²) in [5.74, 6) is -0.113. The molecule has 0 spiro atoms. The highest BCUT2D eigenvalue weighted by atomic mass is 35.5. The first-order valence-corrected chi connectivity index (χ1v) is 14.8. The Balaban J connectivity index is 1.41. The van der Waals surface area contributed by atoms with Gasteiger partial charge in [0, 0.05) is 44.8 Å². The van der Waals surface area contributed by atoms with Gasteiger partial charge in [-0.15, -0.1) is 0 Å². The number of benzene rings is 3. The van der Waals surface area contributed by atoms with Gasteiger partial charge in [0.1, 0.15) is 11.9 Å². The number of rotatable bonds is 8. The molecule has 1 saturated heterocycles. The molecular formula is C35H37ClN2O4. The van der Waals surface area contributed by atoms with E-state index in [0.29, 0.717) is 5.56 Å². The van der Waals surface area contributed by atoms with Crippen LogP contribution in [0.4, 0.5) is 0 Å². The van der Waals surface area contributed by atoms with E-state index in [1.165, 1.54) is 5.57 Å². The minimum absolute atomic E-state index is 0.0105. The molecule has 1 amide bonds. The van der Waals surface area contributed by atoms with Crippen LogP contribution in [0.25, 0.3) is 11.1 Å². The van der Waals surface area contributed by atoms with Crippen LogP contribution >= 0.6 is 11.6 Å². The fourth-order valence-electron chi connectivity index (χ4n) is 5.79. The number of amides is 1. The molecule has 1 heterocycles. The number of carboxylic acids is 1. The first-order chi connectivity index (χ1) is 20.2. The largest absolute Gasteiger partial charge is 0.489 e. The van der Waals surface area contributed by atoms with Crippen LogP contribution in [0.5, 0.6) is 5.75 Å². The minimum atomic E-state index is -0.917. The van der Waals surface area contributed by atoms with Crippen molar-refractivity contribution in [3.8, 4) is 5.75 Å². The summed E-state index contributed by atoms with van der Waals surface area (Å²) in [6.45, 7) is 4.49. The summed E-state index contributed by atoms with van der Waals surface area (Å²) in [5.41, 5.74) is 7.81. The zero-order chi connectivity index (χ0) is 29.8. The molecule has 7 heteroatoms. The van der Waals surface area contributed by atoms with E-state index >= 15 is 0 Å². The number of carboxylic acid groups (broad SMARTS) is 1. The summed E-state index contributed by atoms with van der Waals surface area (Å²) in [6, 6.07) is 19.8. The van der Waals surface area contributed by atoms with Gasteiger partial charge in [0.15, 0.2) is 0 Å². The molecule has 0 aromatic heterocycles. The van der Waals surface area contributed by atoms with Crippen molar-refractivity contribution >= 4 is 34.6 Å². The number of carbonyl (C=O) groups excluding carboxylic acids is 1. The molecule has 0 bridgehead atoms. The summed E-state index contributed by atoms with van der Waals surface area (Å²) in [6.07, 6.45) is 7.07. The number of halogens is 1. The summed E-state index contributed by atoms with van der Waals surface area (Å²) in [4.78, 5) is 27.4. The van der Waals surface area contributed by atoms with E-state index in [1.54, 1.807) is 31.1 Å². The predicted octanol–water partition coefficient (Wildman–Crippen LogP) is 6.74. The molecule has 218 valence electrons.